The molecular formula is C26H37NO6Si. The zero-order valence-corrected chi connectivity index (χ0v) is 22.5. The molecule has 1 aliphatic heterocycles. The van der Waals surface area contributed by atoms with Gasteiger partial charge in [-0.1, -0.05) is 34.6 Å². The number of ether oxygens (including phenoxy) is 3. The van der Waals surface area contributed by atoms with Crippen molar-refractivity contribution in [2.24, 2.45) is 0 Å². The Labute approximate surface area is 203 Å². The Balaban J connectivity index is 2.04. The summed E-state index contributed by atoms with van der Waals surface area (Å²) in [5, 5.41) is 10.9. The van der Waals surface area contributed by atoms with Gasteiger partial charge in [0.1, 0.15) is 5.75 Å². The number of nitrogens with zero attached hydrogens (tertiary/aromatic N) is 1. The number of benzene rings is 2. The Morgan fingerprint density at radius 2 is 1.82 bits per heavy atom. The number of phenolic OH excluding ortho intramolecular Hbond substituents is 1. The molecular weight excluding hydrogens is 450 g/mol. The van der Waals surface area contributed by atoms with Gasteiger partial charge in [0.25, 0.3) is 0 Å². The van der Waals surface area contributed by atoms with E-state index in [2.05, 4.69) is 33.9 Å². The van der Waals surface area contributed by atoms with E-state index in [0.29, 0.717) is 35.9 Å². The Morgan fingerprint density at radius 1 is 1.15 bits per heavy atom. The van der Waals surface area contributed by atoms with E-state index in [-0.39, 0.29) is 23.5 Å². The average Bonchev–Trinajstić information content (AvgIpc) is 3.22. The van der Waals surface area contributed by atoms with Crippen molar-refractivity contribution in [1.82, 2.24) is 0 Å². The third kappa shape index (κ3) is 5.33. The number of amides is 1. The molecule has 3 rings (SSSR count). The van der Waals surface area contributed by atoms with Crippen molar-refractivity contribution in [2.75, 3.05) is 25.4 Å². The van der Waals surface area contributed by atoms with Crippen LogP contribution < -0.4 is 14.4 Å². The maximum absolute atomic E-state index is 13.0. The molecule has 0 saturated heterocycles. The second-order valence-electron chi connectivity index (χ2n) is 10.4. The molecule has 0 aliphatic carbocycles. The van der Waals surface area contributed by atoms with Crippen LogP contribution in [0, 0.1) is 0 Å². The molecule has 0 bridgehead atoms. The highest BCUT2D eigenvalue weighted by Gasteiger charge is 2.37. The summed E-state index contributed by atoms with van der Waals surface area (Å²) in [6, 6.07) is 8.87. The fourth-order valence-corrected chi connectivity index (χ4v) is 4.65. The molecule has 0 radical (unpaired) electrons. The number of methoxy groups -OCH3 is 1. The third-order valence-corrected chi connectivity index (χ3v) is 11.2. The van der Waals surface area contributed by atoms with Crippen molar-refractivity contribution in [2.45, 2.75) is 65.1 Å². The average molecular weight is 488 g/mol. The van der Waals surface area contributed by atoms with Crippen LogP contribution in [0.15, 0.2) is 30.3 Å². The van der Waals surface area contributed by atoms with Crippen molar-refractivity contribution in [3.63, 3.8) is 0 Å². The summed E-state index contributed by atoms with van der Waals surface area (Å²) < 4.78 is 22.5. The molecule has 0 fully saturated rings. The predicted molar refractivity (Wildman–Crippen MR) is 136 cm³/mol. The van der Waals surface area contributed by atoms with Crippen molar-refractivity contribution in [3.05, 3.63) is 41.5 Å². The van der Waals surface area contributed by atoms with Gasteiger partial charge in [-0.15, -0.1) is 0 Å². The Bertz CT molecular complexity index is 1040. The van der Waals surface area contributed by atoms with Crippen LogP contribution in [-0.2, 0) is 15.6 Å². The van der Waals surface area contributed by atoms with E-state index in [0.717, 1.165) is 11.1 Å². The maximum Gasteiger partial charge on any atom is 0.418 e. The summed E-state index contributed by atoms with van der Waals surface area (Å²) >= 11 is 0. The lowest BCUT2D eigenvalue weighted by Gasteiger charge is -2.36. The predicted octanol–water partition coefficient (Wildman–Crippen LogP) is 6.71. The second-order valence-corrected chi connectivity index (χ2v) is 15.2. The standard InChI is InChI=1S/C26H37NO6Si/c1-17(2)20-13-18(11-12-33-34(7,8)26(3,4)5)21(15-22(20)28)27(25(29)30-6)19-9-10-23-24(14-19)32-16-31-23/h9-10,13-15,17,28H,11-12,16H2,1-8H3. The zero-order valence-electron chi connectivity index (χ0n) is 21.5. The van der Waals surface area contributed by atoms with E-state index in [4.69, 9.17) is 18.6 Å². The minimum atomic E-state index is -1.94. The molecule has 0 aromatic heterocycles. The van der Waals surface area contributed by atoms with Crippen LogP contribution in [0.1, 0.15) is 51.7 Å². The molecule has 2 aromatic rings. The van der Waals surface area contributed by atoms with Gasteiger partial charge in [-0.25, -0.2) is 9.69 Å². The minimum Gasteiger partial charge on any atom is -0.508 e. The topological polar surface area (TPSA) is 77.5 Å². The number of aromatic hydroxyl groups is 1. The second kappa shape index (κ2) is 9.88. The first-order chi connectivity index (χ1) is 15.9. The quantitative estimate of drug-likeness (QED) is 0.437. The van der Waals surface area contributed by atoms with Gasteiger partial charge >= 0.3 is 6.09 Å². The number of hydrogen-bond acceptors (Lipinski definition) is 6. The van der Waals surface area contributed by atoms with Crippen LogP contribution >= 0.6 is 0 Å². The largest absolute Gasteiger partial charge is 0.508 e. The Hall–Kier alpha value is -2.71. The molecule has 0 atom stereocenters. The summed E-state index contributed by atoms with van der Waals surface area (Å²) in [4.78, 5) is 14.4. The van der Waals surface area contributed by atoms with Gasteiger partial charge in [-0.2, -0.15) is 0 Å². The molecule has 34 heavy (non-hydrogen) atoms. The first-order valence-electron chi connectivity index (χ1n) is 11.6. The highest BCUT2D eigenvalue weighted by molar-refractivity contribution is 6.74. The number of carbonyl (C=O) groups excluding carboxylic acids is 1. The van der Waals surface area contributed by atoms with Crippen molar-refractivity contribution in [1.29, 1.82) is 0 Å². The van der Waals surface area contributed by atoms with Gasteiger partial charge in [0.2, 0.25) is 6.79 Å². The van der Waals surface area contributed by atoms with E-state index < -0.39 is 14.4 Å². The fourth-order valence-electron chi connectivity index (χ4n) is 3.60. The normalized spacial score (nSPS) is 13.3. The monoisotopic (exact) mass is 487 g/mol. The molecule has 0 spiro atoms. The van der Waals surface area contributed by atoms with Gasteiger partial charge in [0, 0.05) is 18.7 Å². The molecule has 1 heterocycles. The van der Waals surface area contributed by atoms with E-state index >= 15 is 0 Å². The number of fused-ring (bicyclic) bond motifs is 1. The SMILES string of the molecule is COC(=O)N(c1ccc2c(c1)OCO2)c1cc(O)c(C(C)C)cc1CCO[Si](C)(C)C(C)(C)C. The van der Waals surface area contributed by atoms with Gasteiger partial charge in [0.15, 0.2) is 19.8 Å². The van der Waals surface area contributed by atoms with Crippen LogP contribution in [0.25, 0.3) is 0 Å². The maximum atomic E-state index is 13.0. The lowest BCUT2D eigenvalue weighted by Crippen LogP contribution is -2.41. The molecule has 1 amide bonds. The summed E-state index contributed by atoms with van der Waals surface area (Å²) in [6.07, 6.45) is 0.0157. The van der Waals surface area contributed by atoms with Gasteiger partial charge in [0.05, 0.1) is 18.5 Å². The van der Waals surface area contributed by atoms with E-state index in [1.54, 1.807) is 24.3 Å². The molecule has 1 N–H and O–H groups in total. The Morgan fingerprint density at radius 3 is 2.44 bits per heavy atom. The highest BCUT2D eigenvalue weighted by Crippen LogP contribution is 2.42. The summed E-state index contributed by atoms with van der Waals surface area (Å²) in [5.41, 5.74) is 2.82. The molecule has 186 valence electrons. The van der Waals surface area contributed by atoms with Crippen LogP contribution in [0.4, 0.5) is 16.2 Å². The number of rotatable bonds is 7. The van der Waals surface area contributed by atoms with Crippen molar-refractivity contribution < 1.29 is 28.5 Å². The summed E-state index contributed by atoms with van der Waals surface area (Å²) in [5.74, 6) is 1.42. The van der Waals surface area contributed by atoms with Crippen LogP contribution in [-0.4, -0.2) is 40.0 Å². The molecule has 0 saturated carbocycles. The fraction of sp³-hybridized carbons (Fsp3) is 0.500. The lowest BCUT2D eigenvalue weighted by atomic mass is 9.96. The number of carbonyl (C=O) groups is 1. The first kappa shape index (κ1) is 25.9. The number of anilines is 2. The van der Waals surface area contributed by atoms with Crippen LogP contribution in [0.2, 0.25) is 18.1 Å². The smallest absolute Gasteiger partial charge is 0.418 e. The van der Waals surface area contributed by atoms with Gasteiger partial charge in [-0.05, 0) is 59.8 Å². The van der Waals surface area contributed by atoms with Crippen LogP contribution in [0.3, 0.4) is 0 Å². The number of hydrogen-bond donors (Lipinski definition) is 1. The first-order valence-corrected chi connectivity index (χ1v) is 14.5. The molecule has 0 unspecified atom stereocenters. The molecule has 7 nitrogen and oxygen atoms in total. The molecule has 1 aliphatic rings. The van der Waals surface area contributed by atoms with E-state index in [1.165, 1.54) is 12.0 Å². The van der Waals surface area contributed by atoms with E-state index in [9.17, 15) is 9.90 Å². The lowest BCUT2D eigenvalue weighted by molar-refractivity contribution is 0.174. The zero-order chi connectivity index (χ0) is 25.3. The van der Waals surface area contributed by atoms with E-state index in [1.807, 2.05) is 19.9 Å². The summed E-state index contributed by atoms with van der Waals surface area (Å²) in [6.45, 7) is 15.8. The van der Waals surface area contributed by atoms with Gasteiger partial charge < -0.3 is 23.7 Å². The van der Waals surface area contributed by atoms with Crippen LogP contribution in [0.5, 0.6) is 17.2 Å². The van der Waals surface area contributed by atoms with Crippen molar-refractivity contribution >= 4 is 25.8 Å². The number of phenols is 1. The Kier molecular flexibility index (Phi) is 7.52. The van der Waals surface area contributed by atoms with Gasteiger partial charge in [-0.3, -0.25) is 0 Å². The highest BCUT2D eigenvalue weighted by atomic mass is 28.4. The molecule has 2 aromatic carbocycles. The minimum absolute atomic E-state index is 0.0957. The molecule has 8 heteroatoms. The summed E-state index contributed by atoms with van der Waals surface area (Å²) in [7, 11) is -0.601. The third-order valence-electron chi connectivity index (χ3n) is 6.70. The van der Waals surface area contributed by atoms with Crippen molar-refractivity contribution in [3.8, 4) is 17.2 Å².